The molecule has 0 bridgehead atoms. The van der Waals surface area contributed by atoms with E-state index in [0.29, 0.717) is 17.5 Å². The summed E-state index contributed by atoms with van der Waals surface area (Å²) in [4.78, 5) is 15.0. The Morgan fingerprint density at radius 3 is 1.37 bits per heavy atom. The van der Waals surface area contributed by atoms with Gasteiger partial charge < -0.3 is 0 Å². The first-order chi connectivity index (χ1) is 21.3. The zero-order valence-electron chi connectivity index (χ0n) is 23.8. The van der Waals surface area contributed by atoms with Crippen molar-refractivity contribution < 1.29 is 0 Å². The zero-order chi connectivity index (χ0) is 28.9. The van der Waals surface area contributed by atoms with Crippen molar-refractivity contribution in [3.05, 3.63) is 186 Å². The maximum absolute atomic E-state index is 5.03. The number of hydrogen-bond donors (Lipinski definition) is 0. The molecule has 0 saturated carbocycles. The summed E-state index contributed by atoms with van der Waals surface area (Å²) in [6.07, 6.45) is 8.75. The van der Waals surface area contributed by atoms with E-state index in [-0.39, 0.29) is 0 Å². The lowest BCUT2D eigenvalue weighted by Gasteiger charge is -2.39. The van der Waals surface area contributed by atoms with Crippen LogP contribution in [0.1, 0.15) is 29.5 Å². The van der Waals surface area contributed by atoms with Gasteiger partial charge in [0.1, 0.15) is 0 Å². The number of rotatable bonds is 7. The molecule has 3 nitrogen and oxygen atoms in total. The molecule has 0 N–H and O–H groups in total. The molecule has 0 fully saturated rings. The van der Waals surface area contributed by atoms with Crippen LogP contribution in [0, 0.1) is 0 Å². The van der Waals surface area contributed by atoms with E-state index in [2.05, 4.69) is 103 Å². The van der Waals surface area contributed by atoms with Crippen molar-refractivity contribution in [2.75, 3.05) is 0 Å². The molecule has 1 aromatic heterocycles. The van der Waals surface area contributed by atoms with Gasteiger partial charge in [-0.3, -0.25) is 0 Å². The van der Waals surface area contributed by atoms with Crippen LogP contribution in [0.5, 0.6) is 0 Å². The summed E-state index contributed by atoms with van der Waals surface area (Å²) in [5, 5.41) is 0. The maximum Gasteiger partial charge on any atom is 0.164 e. The van der Waals surface area contributed by atoms with Crippen LogP contribution in [0.15, 0.2) is 169 Å². The molecular weight excluding hydrogens is 522 g/mol. The normalized spacial score (nSPS) is 13.0. The molecule has 0 spiro atoms. The van der Waals surface area contributed by atoms with E-state index in [1.807, 2.05) is 60.7 Å². The van der Waals surface area contributed by atoms with E-state index in [1.54, 1.807) is 0 Å². The predicted octanol–water partition coefficient (Wildman–Crippen LogP) is 9.48. The van der Waals surface area contributed by atoms with Gasteiger partial charge in [-0.25, -0.2) is 15.0 Å². The van der Waals surface area contributed by atoms with E-state index >= 15 is 0 Å². The van der Waals surface area contributed by atoms with Crippen LogP contribution in [0.2, 0.25) is 0 Å². The summed E-state index contributed by atoms with van der Waals surface area (Å²) >= 11 is 0. The maximum atomic E-state index is 5.03. The monoisotopic (exact) mass is 553 g/mol. The second-order valence-electron chi connectivity index (χ2n) is 10.8. The fourth-order valence-corrected chi connectivity index (χ4v) is 6.18. The summed E-state index contributed by atoms with van der Waals surface area (Å²) in [6.45, 7) is 0. The van der Waals surface area contributed by atoms with Crippen molar-refractivity contribution in [3.63, 3.8) is 0 Å². The minimum atomic E-state index is -0.471. The summed E-state index contributed by atoms with van der Waals surface area (Å²) in [7, 11) is 0. The molecule has 0 atom stereocenters. The molecule has 43 heavy (non-hydrogen) atoms. The molecule has 1 heterocycles. The van der Waals surface area contributed by atoms with Gasteiger partial charge in [0, 0.05) is 16.7 Å². The van der Waals surface area contributed by atoms with Crippen LogP contribution in [0.3, 0.4) is 0 Å². The number of nitrogens with zero attached hydrogens (tertiary/aromatic N) is 3. The van der Waals surface area contributed by atoms with Gasteiger partial charge in [-0.1, -0.05) is 163 Å². The average Bonchev–Trinajstić information content (AvgIpc) is 3.11. The van der Waals surface area contributed by atoms with Crippen molar-refractivity contribution in [1.29, 1.82) is 0 Å². The van der Waals surface area contributed by atoms with Gasteiger partial charge in [-0.2, -0.15) is 0 Å². The third-order valence-electron chi connectivity index (χ3n) is 8.16. The number of hydrogen-bond acceptors (Lipinski definition) is 3. The highest BCUT2D eigenvalue weighted by molar-refractivity contribution is 5.69. The Labute approximate surface area is 253 Å². The van der Waals surface area contributed by atoms with Crippen LogP contribution >= 0.6 is 0 Å². The summed E-state index contributed by atoms with van der Waals surface area (Å²) in [5.41, 5.74) is 7.44. The Bertz CT molecular complexity index is 1800. The lowest BCUT2D eigenvalue weighted by Crippen LogP contribution is -2.32. The Morgan fingerprint density at radius 2 is 0.884 bits per heavy atom. The lowest BCUT2D eigenvalue weighted by atomic mass is 9.63. The molecular formula is C40H31N3. The van der Waals surface area contributed by atoms with Gasteiger partial charge in [-0.05, 0) is 35.6 Å². The molecule has 6 aromatic rings. The van der Waals surface area contributed by atoms with E-state index in [1.165, 1.54) is 22.3 Å². The Balaban J connectivity index is 1.47. The number of allylic oxidation sites excluding steroid dienone is 4. The lowest BCUT2D eigenvalue weighted by molar-refractivity contribution is 0.676. The first-order valence-electron chi connectivity index (χ1n) is 14.8. The number of benzene rings is 5. The van der Waals surface area contributed by atoms with E-state index in [4.69, 9.17) is 15.0 Å². The fourth-order valence-electron chi connectivity index (χ4n) is 6.18. The minimum absolute atomic E-state index is 0.471. The molecule has 5 aromatic carbocycles. The van der Waals surface area contributed by atoms with Crippen LogP contribution < -0.4 is 0 Å². The van der Waals surface area contributed by atoms with Crippen molar-refractivity contribution in [2.24, 2.45) is 0 Å². The van der Waals surface area contributed by atoms with Crippen molar-refractivity contribution in [2.45, 2.75) is 18.3 Å². The van der Waals surface area contributed by atoms with E-state index in [0.717, 1.165) is 29.5 Å². The molecule has 0 unspecified atom stereocenters. The minimum Gasteiger partial charge on any atom is -0.208 e. The van der Waals surface area contributed by atoms with Gasteiger partial charge in [0.05, 0.1) is 5.41 Å². The first-order valence-corrected chi connectivity index (χ1v) is 14.8. The van der Waals surface area contributed by atoms with Crippen molar-refractivity contribution in [3.8, 4) is 34.2 Å². The standard InChI is InChI=1S/C40H31N3/c1-6-17-30(18-7-1)37-41-38(31-19-8-2-9-20-31)43-39(42-37)32-21-16-28-36(29-32)40(33-22-10-3-11-23-33,34-24-12-4-13-25-34)35-26-14-5-15-27-35/h1-14,16-26,28-29H,15,27H2. The zero-order valence-corrected chi connectivity index (χ0v) is 23.8. The van der Waals surface area contributed by atoms with Crippen LogP contribution in [0.25, 0.3) is 34.2 Å². The highest BCUT2D eigenvalue weighted by Crippen LogP contribution is 2.48. The third-order valence-corrected chi connectivity index (χ3v) is 8.16. The van der Waals surface area contributed by atoms with Gasteiger partial charge in [0.15, 0.2) is 17.5 Å². The molecule has 0 saturated heterocycles. The fraction of sp³-hybridized carbons (Fsp3) is 0.0750. The first kappa shape index (κ1) is 26.5. The van der Waals surface area contributed by atoms with E-state index < -0.39 is 5.41 Å². The third kappa shape index (κ3) is 5.11. The molecule has 3 heteroatoms. The highest BCUT2D eigenvalue weighted by atomic mass is 15.0. The molecule has 1 aliphatic carbocycles. The molecule has 0 aliphatic heterocycles. The summed E-state index contributed by atoms with van der Waals surface area (Å²) < 4.78 is 0. The smallest absolute Gasteiger partial charge is 0.164 e. The van der Waals surface area contributed by atoms with Crippen molar-refractivity contribution >= 4 is 0 Å². The Kier molecular flexibility index (Phi) is 7.29. The highest BCUT2D eigenvalue weighted by Gasteiger charge is 2.40. The average molecular weight is 554 g/mol. The van der Waals surface area contributed by atoms with Gasteiger partial charge in [0.2, 0.25) is 0 Å². The van der Waals surface area contributed by atoms with Gasteiger partial charge >= 0.3 is 0 Å². The largest absolute Gasteiger partial charge is 0.208 e. The summed E-state index contributed by atoms with van der Waals surface area (Å²) in [5.74, 6) is 1.97. The van der Waals surface area contributed by atoms with Crippen molar-refractivity contribution in [1.82, 2.24) is 15.0 Å². The Hall–Kier alpha value is -5.41. The second-order valence-corrected chi connectivity index (χ2v) is 10.8. The van der Waals surface area contributed by atoms with Crippen LogP contribution in [-0.2, 0) is 5.41 Å². The predicted molar refractivity (Wildman–Crippen MR) is 175 cm³/mol. The number of aromatic nitrogens is 3. The van der Waals surface area contributed by atoms with Gasteiger partial charge in [0.25, 0.3) is 0 Å². The molecule has 0 radical (unpaired) electrons. The molecule has 206 valence electrons. The van der Waals surface area contributed by atoms with Crippen LogP contribution in [0.4, 0.5) is 0 Å². The van der Waals surface area contributed by atoms with Crippen LogP contribution in [-0.4, -0.2) is 15.0 Å². The molecule has 7 rings (SSSR count). The van der Waals surface area contributed by atoms with E-state index in [9.17, 15) is 0 Å². The SMILES string of the molecule is C1=CCCC(C(c2ccccc2)(c2ccccc2)c2cccc(-c3nc(-c4ccccc4)nc(-c4ccccc4)n3)c2)=C1. The quantitative estimate of drug-likeness (QED) is 0.185. The van der Waals surface area contributed by atoms with Gasteiger partial charge in [-0.15, -0.1) is 0 Å². The second kappa shape index (κ2) is 11.8. The Morgan fingerprint density at radius 1 is 0.442 bits per heavy atom. The molecule has 0 amide bonds. The summed E-state index contributed by atoms with van der Waals surface area (Å²) in [6, 6.07) is 50.8. The molecule has 1 aliphatic rings. The topological polar surface area (TPSA) is 38.7 Å².